The van der Waals surface area contributed by atoms with E-state index in [0.717, 1.165) is 36.8 Å². The van der Waals surface area contributed by atoms with Gasteiger partial charge >= 0.3 is 0 Å². The number of carbonyl (C=O) groups is 2. The summed E-state index contributed by atoms with van der Waals surface area (Å²) in [7, 11) is 0. The Morgan fingerprint density at radius 2 is 2.17 bits per heavy atom. The second kappa shape index (κ2) is 7.33. The van der Waals surface area contributed by atoms with Crippen LogP contribution in [0.1, 0.15) is 42.9 Å². The first kappa shape index (κ1) is 19.5. The maximum Gasteiger partial charge on any atom is 0.241 e. The number of halogens is 1. The lowest BCUT2D eigenvalue weighted by Crippen LogP contribution is -2.56. The maximum absolute atomic E-state index is 13.5. The highest BCUT2D eigenvalue weighted by molar-refractivity contribution is 5.87. The van der Waals surface area contributed by atoms with Crippen molar-refractivity contribution in [1.29, 1.82) is 5.26 Å². The van der Waals surface area contributed by atoms with E-state index in [4.69, 9.17) is 5.73 Å². The van der Waals surface area contributed by atoms with E-state index in [1.54, 1.807) is 11.0 Å². The molecule has 5 rings (SSSR count). The average molecular weight is 411 g/mol. The normalized spacial score (nSPS) is 31.3. The minimum Gasteiger partial charge on any atom is -0.330 e. The molecule has 30 heavy (non-hydrogen) atoms. The molecule has 1 aliphatic carbocycles. The fourth-order valence-electron chi connectivity index (χ4n) is 5.86. The first-order valence-electron chi connectivity index (χ1n) is 10.8. The van der Waals surface area contributed by atoms with Gasteiger partial charge in [-0.2, -0.15) is 5.26 Å². The number of rotatable bonds is 4. The molecule has 5 atom stereocenters. The number of hydrogen-bond acceptors (Lipinski definition) is 5. The van der Waals surface area contributed by atoms with E-state index in [0.29, 0.717) is 26.1 Å². The van der Waals surface area contributed by atoms with Gasteiger partial charge in [-0.3, -0.25) is 14.5 Å². The Hall–Kier alpha value is -2.50. The molecule has 7 nitrogen and oxygen atoms in total. The third-order valence-electron chi connectivity index (χ3n) is 7.23. The van der Waals surface area contributed by atoms with Gasteiger partial charge in [-0.15, -0.1) is 0 Å². The van der Waals surface area contributed by atoms with Crippen molar-refractivity contribution in [2.24, 2.45) is 5.73 Å². The zero-order valence-electron chi connectivity index (χ0n) is 16.8. The predicted molar refractivity (Wildman–Crippen MR) is 106 cm³/mol. The lowest BCUT2D eigenvalue weighted by atomic mass is 10.1. The van der Waals surface area contributed by atoms with E-state index < -0.39 is 6.04 Å². The van der Waals surface area contributed by atoms with Gasteiger partial charge in [-0.05, 0) is 55.4 Å². The van der Waals surface area contributed by atoms with Crippen molar-refractivity contribution in [3.05, 3.63) is 35.1 Å². The molecule has 0 spiro atoms. The molecule has 0 saturated carbocycles. The minimum atomic E-state index is -0.727. The largest absolute Gasteiger partial charge is 0.330 e. The van der Waals surface area contributed by atoms with Crippen molar-refractivity contribution in [1.82, 2.24) is 14.7 Å². The summed E-state index contributed by atoms with van der Waals surface area (Å²) in [5.41, 5.74) is 8.26. The summed E-state index contributed by atoms with van der Waals surface area (Å²) in [6.07, 6.45) is 3.89. The van der Waals surface area contributed by atoms with E-state index >= 15 is 0 Å². The van der Waals surface area contributed by atoms with E-state index in [2.05, 4.69) is 6.07 Å². The van der Waals surface area contributed by atoms with Crippen LogP contribution in [0.15, 0.2) is 18.2 Å². The van der Waals surface area contributed by atoms with Crippen LogP contribution >= 0.6 is 0 Å². The van der Waals surface area contributed by atoms with Crippen LogP contribution in [-0.2, 0) is 16.0 Å². The van der Waals surface area contributed by atoms with Gasteiger partial charge in [-0.25, -0.2) is 4.39 Å². The zero-order chi connectivity index (χ0) is 21.0. The number of benzene rings is 1. The minimum absolute atomic E-state index is 0.0153. The third-order valence-corrected chi connectivity index (χ3v) is 7.23. The van der Waals surface area contributed by atoms with Gasteiger partial charge in [0.05, 0.1) is 24.2 Å². The summed E-state index contributed by atoms with van der Waals surface area (Å²) < 4.78 is 13.5. The topological polar surface area (TPSA) is 93.7 Å². The standard InChI is InChI=1S/C22H26FN5O2/c23-14-4-5-17-13(8-14)3-6-19(17)28-16-9-20(22(28)30)26(11-16)12-18(25)21(29)27-7-1-2-15(27)10-24/h4-5,8,15-16,18-20H,1-3,6-7,9,11-12,25H2/t15-,16?,18-,19-,20-/m0/s1. The van der Waals surface area contributed by atoms with E-state index in [1.807, 2.05) is 15.9 Å². The van der Waals surface area contributed by atoms with Crippen LogP contribution in [0.25, 0.3) is 0 Å². The summed E-state index contributed by atoms with van der Waals surface area (Å²) >= 11 is 0. The molecule has 0 aromatic heterocycles. The molecule has 1 aromatic carbocycles. The van der Waals surface area contributed by atoms with Crippen molar-refractivity contribution in [2.75, 3.05) is 19.6 Å². The molecule has 2 N–H and O–H groups in total. The van der Waals surface area contributed by atoms with Gasteiger partial charge in [0.25, 0.3) is 0 Å². The van der Waals surface area contributed by atoms with Crippen molar-refractivity contribution in [3.63, 3.8) is 0 Å². The monoisotopic (exact) mass is 411 g/mol. The summed E-state index contributed by atoms with van der Waals surface area (Å²) in [5.74, 6) is -0.341. The summed E-state index contributed by atoms with van der Waals surface area (Å²) in [6, 6.07) is 5.80. The highest BCUT2D eigenvalue weighted by Gasteiger charge is 2.53. The first-order valence-corrected chi connectivity index (χ1v) is 10.8. The number of fused-ring (bicyclic) bond motifs is 3. The second-order valence-electron chi connectivity index (χ2n) is 8.93. The number of carbonyl (C=O) groups excluding carboxylic acids is 2. The van der Waals surface area contributed by atoms with Crippen LogP contribution in [0, 0.1) is 17.1 Å². The molecular weight excluding hydrogens is 385 g/mol. The van der Waals surface area contributed by atoms with E-state index in [1.165, 1.54) is 6.07 Å². The Kier molecular flexibility index (Phi) is 4.75. The number of nitrogens with zero attached hydrogens (tertiary/aromatic N) is 4. The van der Waals surface area contributed by atoms with Crippen LogP contribution in [0.4, 0.5) is 4.39 Å². The van der Waals surface area contributed by atoms with E-state index in [-0.39, 0.29) is 41.8 Å². The average Bonchev–Trinajstić information content (AvgIpc) is 3.49. The van der Waals surface area contributed by atoms with Crippen molar-refractivity contribution in [3.8, 4) is 6.07 Å². The summed E-state index contributed by atoms with van der Waals surface area (Å²) in [6.45, 7) is 1.61. The maximum atomic E-state index is 13.5. The Balaban J connectivity index is 1.25. The molecule has 3 fully saturated rings. The number of nitrogens with two attached hydrogens (primary N) is 1. The van der Waals surface area contributed by atoms with Crippen LogP contribution < -0.4 is 5.73 Å². The Bertz CT molecular complexity index is 931. The highest BCUT2D eigenvalue weighted by atomic mass is 19.1. The molecule has 3 saturated heterocycles. The molecule has 3 heterocycles. The molecule has 2 amide bonds. The number of piperazine rings is 1. The van der Waals surface area contributed by atoms with Crippen LogP contribution in [-0.4, -0.2) is 70.3 Å². The van der Waals surface area contributed by atoms with Crippen molar-refractivity contribution >= 4 is 11.8 Å². The van der Waals surface area contributed by atoms with Gasteiger partial charge in [0.1, 0.15) is 11.9 Å². The zero-order valence-corrected chi connectivity index (χ0v) is 16.8. The number of amides is 2. The molecule has 1 unspecified atom stereocenters. The number of hydrogen-bond donors (Lipinski definition) is 1. The third kappa shape index (κ3) is 2.99. The summed E-state index contributed by atoms with van der Waals surface area (Å²) in [4.78, 5) is 31.5. The number of likely N-dealkylation sites (tertiary alicyclic amines) is 3. The molecular formula is C22H26FN5O2. The lowest BCUT2D eigenvalue weighted by Gasteiger charge is -2.38. The Labute approximate surface area is 175 Å². The van der Waals surface area contributed by atoms with Gasteiger partial charge in [0, 0.05) is 25.7 Å². The molecule has 1 aromatic rings. The first-order chi connectivity index (χ1) is 14.5. The number of nitriles is 1. The van der Waals surface area contributed by atoms with Crippen molar-refractivity contribution in [2.45, 2.75) is 62.3 Å². The second-order valence-corrected chi connectivity index (χ2v) is 8.93. The van der Waals surface area contributed by atoms with Crippen LogP contribution in [0.2, 0.25) is 0 Å². The molecule has 0 radical (unpaired) electrons. The smallest absolute Gasteiger partial charge is 0.241 e. The fourth-order valence-corrected chi connectivity index (χ4v) is 5.86. The highest BCUT2D eigenvalue weighted by Crippen LogP contribution is 2.43. The van der Waals surface area contributed by atoms with Crippen LogP contribution in [0.3, 0.4) is 0 Å². The SMILES string of the molecule is N#C[C@@H]1CCCN1C(=O)[C@@H](N)CN1CC2C[C@H]1C(=O)N2[C@H]1CCc2cc(F)ccc21. The van der Waals surface area contributed by atoms with Crippen LogP contribution in [0.5, 0.6) is 0 Å². The van der Waals surface area contributed by atoms with Crippen molar-refractivity contribution < 1.29 is 14.0 Å². The quantitative estimate of drug-likeness (QED) is 0.796. The molecule has 4 aliphatic rings. The van der Waals surface area contributed by atoms with Gasteiger partial charge in [0.2, 0.25) is 11.8 Å². The molecule has 158 valence electrons. The van der Waals surface area contributed by atoms with E-state index in [9.17, 15) is 19.2 Å². The Morgan fingerprint density at radius 1 is 1.33 bits per heavy atom. The lowest BCUT2D eigenvalue weighted by molar-refractivity contribution is -0.141. The van der Waals surface area contributed by atoms with Gasteiger partial charge in [-0.1, -0.05) is 6.07 Å². The van der Waals surface area contributed by atoms with Gasteiger partial charge in [0.15, 0.2) is 0 Å². The molecule has 8 heteroatoms. The fraction of sp³-hybridized carbons (Fsp3) is 0.591. The Morgan fingerprint density at radius 3 is 2.93 bits per heavy atom. The summed E-state index contributed by atoms with van der Waals surface area (Å²) in [5, 5.41) is 9.22. The number of aryl methyl sites for hydroxylation is 1. The molecule has 3 aliphatic heterocycles. The predicted octanol–water partition coefficient (Wildman–Crippen LogP) is 0.940. The van der Waals surface area contributed by atoms with Gasteiger partial charge < -0.3 is 15.5 Å². The molecule has 2 bridgehead atoms.